The number of nitrogens with zero attached hydrogens (tertiary/aromatic N) is 2. The van der Waals surface area contributed by atoms with E-state index in [2.05, 4.69) is 24.4 Å². The first-order valence-corrected chi connectivity index (χ1v) is 3.41. The first-order chi connectivity index (χ1) is 5.25. The molecule has 6 heteroatoms. The standard InChI is InChI=1S/C5H7N4OP/c6-4(10)3-5(9-11)8-2-1-7-3/h1-2H,11H2,(H2,6,10)(H,8,9). The first kappa shape index (κ1) is 7.88. The molecule has 5 nitrogen and oxygen atoms in total. The summed E-state index contributed by atoms with van der Waals surface area (Å²) in [6.45, 7) is 0. The fraction of sp³-hybridized carbons (Fsp3) is 0. The molecule has 11 heavy (non-hydrogen) atoms. The lowest BCUT2D eigenvalue weighted by Gasteiger charge is -2.00. The highest BCUT2D eigenvalue weighted by molar-refractivity contribution is 7.18. The molecule has 1 amide bonds. The Morgan fingerprint density at radius 2 is 2.18 bits per heavy atom. The number of anilines is 1. The van der Waals surface area contributed by atoms with Crippen LogP contribution in [-0.2, 0) is 0 Å². The lowest BCUT2D eigenvalue weighted by Crippen LogP contribution is -2.15. The van der Waals surface area contributed by atoms with Crippen molar-refractivity contribution in [2.45, 2.75) is 0 Å². The van der Waals surface area contributed by atoms with Crippen molar-refractivity contribution in [3.8, 4) is 0 Å². The third kappa shape index (κ3) is 1.62. The van der Waals surface area contributed by atoms with Gasteiger partial charge in [-0.3, -0.25) is 4.79 Å². The van der Waals surface area contributed by atoms with Crippen molar-refractivity contribution < 1.29 is 4.79 Å². The first-order valence-electron chi connectivity index (χ1n) is 2.83. The summed E-state index contributed by atoms with van der Waals surface area (Å²) in [5.74, 6) is -0.229. The molecule has 58 valence electrons. The van der Waals surface area contributed by atoms with Gasteiger partial charge in [0.25, 0.3) is 5.91 Å². The molecule has 1 heterocycles. The number of primary amides is 1. The van der Waals surface area contributed by atoms with Crippen LogP contribution < -0.4 is 10.8 Å². The smallest absolute Gasteiger partial charge is 0.271 e. The molecule has 0 aromatic carbocycles. The minimum absolute atomic E-state index is 0.141. The number of carbonyl (C=O) groups excluding carboxylic acids is 1. The van der Waals surface area contributed by atoms with Crippen molar-refractivity contribution in [1.82, 2.24) is 9.97 Å². The highest BCUT2D eigenvalue weighted by Gasteiger charge is 2.07. The van der Waals surface area contributed by atoms with Gasteiger partial charge in [0.1, 0.15) is 0 Å². The summed E-state index contributed by atoms with van der Waals surface area (Å²) in [4.78, 5) is 18.2. The summed E-state index contributed by atoms with van der Waals surface area (Å²) >= 11 is 0. The molecular weight excluding hydrogens is 163 g/mol. The zero-order valence-corrected chi connectivity index (χ0v) is 6.77. The Bertz CT molecular complexity index is 277. The van der Waals surface area contributed by atoms with Crippen LogP contribution >= 0.6 is 9.39 Å². The average molecular weight is 170 g/mol. The van der Waals surface area contributed by atoms with Crippen molar-refractivity contribution in [2.75, 3.05) is 5.09 Å². The maximum Gasteiger partial charge on any atom is 0.271 e. The molecule has 0 spiro atoms. The van der Waals surface area contributed by atoms with Crippen molar-refractivity contribution in [3.05, 3.63) is 18.1 Å². The topological polar surface area (TPSA) is 80.9 Å². The van der Waals surface area contributed by atoms with E-state index in [1.54, 1.807) is 0 Å². The van der Waals surface area contributed by atoms with E-state index in [1.807, 2.05) is 0 Å². The van der Waals surface area contributed by atoms with Crippen LogP contribution in [0, 0.1) is 0 Å². The van der Waals surface area contributed by atoms with Gasteiger partial charge in [0.05, 0.1) is 0 Å². The van der Waals surface area contributed by atoms with Crippen molar-refractivity contribution >= 4 is 21.1 Å². The largest absolute Gasteiger partial charge is 0.364 e. The van der Waals surface area contributed by atoms with Crippen molar-refractivity contribution in [1.29, 1.82) is 0 Å². The molecule has 0 aliphatic rings. The van der Waals surface area contributed by atoms with Gasteiger partial charge >= 0.3 is 0 Å². The normalized spacial score (nSPS) is 9.18. The number of nitrogens with two attached hydrogens (primary N) is 1. The molecule has 0 bridgehead atoms. The van der Waals surface area contributed by atoms with Gasteiger partial charge in [0.15, 0.2) is 11.5 Å². The fourth-order valence-corrected chi connectivity index (χ4v) is 0.835. The van der Waals surface area contributed by atoms with E-state index in [9.17, 15) is 4.79 Å². The van der Waals surface area contributed by atoms with Gasteiger partial charge in [-0.15, -0.1) is 0 Å². The maximum absolute atomic E-state index is 10.7. The third-order valence-corrected chi connectivity index (χ3v) is 1.34. The lowest BCUT2D eigenvalue weighted by molar-refractivity contribution is 0.0996. The molecule has 1 aromatic rings. The van der Waals surface area contributed by atoms with Gasteiger partial charge in [-0.25, -0.2) is 9.97 Å². The van der Waals surface area contributed by atoms with Gasteiger partial charge < -0.3 is 10.8 Å². The molecule has 1 atom stereocenters. The Morgan fingerprint density at radius 3 is 2.64 bits per heavy atom. The molecule has 3 N–H and O–H groups in total. The van der Waals surface area contributed by atoms with E-state index in [1.165, 1.54) is 12.4 Å². The molecule has 0 saturated heterocycles. The zero-order valence-electron chi connectivity index (χ0n) is 5.61. The van der Waals surface area contributed by atoms with E-state index >= 15 is 0 Å². The van der Waals surface area contributed by atoms with Crippen LogP contribution in [0.3, 0.4) is 0 Å². The molecule has 1 unspecified atom stereocenters. The van der Waals surface area contributed by atoms with Crippen LogP contribution in [0.1, 0.15) is 10.5 Å². The minimum Gasteiger partial charge on any atom is -0.364 e. The molecule has 0 radical (unpaired) electrons. The molecule has 0 fully saturated rings. The van der Waals surface area contributed by atoms with Crippen LogP contribution in [0.2, 0.25) is 0 Å². The van der Waals surface area contributed by atoms with E-state index in [0.717, 1.165) is 0 Å². The number of rotatable bonds is 2. The van der Waals surface area contributed by atoms with E-state index in [4.69, 9.17) is 5.73 Å². The maximum atomic E-state index is 10.7. The summed E-state index contributed by atoms with van der Waals surface area (Å²) < 4.78 is 0. The Balaban J connectivity index is 3.12. The van der Waals surface area contributed by atoms with Crippen LogP contribution in [0.4, 0.5) is 5.82 Å². The quantitative estimate of drug-likeness (QED) is 0.601. The summed E-state index contributed by atoms with van der Waals surface area (Å²) in [6.07, 6.45) is 2.88. The van der Waals surface area contributed by atoms with Crippen molar-refractivity contribution in [3.63, 3.8) is 0 Å². The Morgan fingerprint density at radius 1 is 1.55 bits per heavy atom. The summed E-state index contributed by atoms with van der Waals surface area (Å²) in [7, 11) is 2.21. The number of hydrogen-bond acceptors (Lipinski definition) is 4. The summed E-state index contributed by atoms with van der Waals surface area (Å²) in [6, 6.07) is 0. The molecule has 1 rings (SSSR count). The van der Waals surface area contributed by atoms with Crippen LogP contribution in [0.15, 0.2) is 12.4 Å². The second-order valence-electron chi connectivity index (χ2n) is 1.76. The van der Waals surface area contributed by atoms with Crippen LogP contribution in [-0.4, -0.2) is 15.9 Å². The van der Waals surface area contributed by atoms with E-state index in [0.29, 0.717) is 5.82 Å². The monoisotopic (exact) mass is 170 g/mol. The van der Waals surface area contributed by atoms with Gasteiger partial charge in [-0.2, -0.15) is 0 Å². The molecule has 0 saturated carbocycles. The Kier molecular flexibility index (Phi) is 2.33. The second-order valence-corrected chi connectivity index (χ2v) is 2.05. The lowest BCUT2D eigenvalue weighted by atomic mass is 10.4. The second kappa shape index (κ2) is 3.25. The predicted octanol–water partition coefficient (Wildman–Crippen LogP) is -0.223. The predicted molar refractivity (Wildman–Crippen MR) is 43.9 cm³/mol. The Labute approximate surface area is 65.7 Å². The van der Waals surface area contributed by atoms with Gasteiger partial charge in [0, 0.05) is 12.4 Å². The van der Waals surface area contributed by atoms with Crippen LogP contribution in [0.25, 0.3) is 0 Å². The molecular formula is C5H7N4OP. The van der Waals surface area contributed by atoms with Crippen LogP contribution in [0.5, 0.6) is 0 Å². The average Bonchev–Trinajstić information content (AvgIpc) is 2.04. The van der Waals surface area contributed by atoms with E-state index in [-0.39, 0.29) is 5.69 Å². The van der Waals surface area contributed by atoms with Crippen molar-refractivity contribution in [2.24, 2.45) is 5.73 Å². The van der Waals surface area contributed by atoms with Gasteiger partial charge in [0.2, 0.25) is 0 Å². The SMILES string of the molecule is NC(=O)c1nccnc1NP. The highest BCUT2D eigenvalue weighted by atomic mass is 31.0. The molecule has 1 aromatic heterocycles. The Hall–Kier alpha value is -1.22. The fourth-order valence-electron chi connectivity index (χ4n) is 0.624. The number of carbonyl (C=O) groups is 1. The number of amides is 1. The van der Waals surface area contributed by atoms with E-state index < -0.39 is 5.91 Å². The number of hydrogen-bond donors (Lipinski definition) is 2. The number of aromatic nitrogens is 2. The van der Waals surface area contributed by atoms with Gasteiger partial charge in [-0.1, -0.05) is 0 Å². The number of nitrogens with one attached hydrogen (secondary N) is 1. The molecule has 0 aliphatic heterocycles. The highest BCUT2D eigenvalue weighted by Crippen LogP contribution is 2.08. The third-order valence-electron chi connectivity index (χ3n) is 1.07. The summed E-state index contributed by atoms with van der Waals surface area (Å²) in [5.41, 5.74) is 5.14. The molecule has 0 aliphatic carbocycles. The zero-order chi connectivity index (χ0) is 8.27. The summed E-state index contributed by atoms with van der Waals surface area (Å²) in [5, 5.41) is 2.62. The van der Waals surface area contributed by atoms with Gasteiger partial charge in [-0.05, 0) is 9.39 Å². The minimum atomic E-state index is -0.594.